The minimum Gasteiger partial charge on any atom is -0.458 e. The van der Waals surface area contributed by atoms with E-state index in [4.69, 9.17) is 4.74 Å². The molecule has 47 heavy (non-hydrogen) atoms. The molecule has 7 aromatic carbocycles. The van der Waals surface area contributed by atoms with Gasteiger partial charge in [0.2, 0.25) is 6.71 Å². The van der Waals surface area contributed by atoms with Gasteiger partial charge >= 0.3 is 0 Å². The van der Waals surface area contributed by atoms with Crippen LogP contribution in [0.3, 0.4) is 0 Å². The van der Waals surface area contributed by atoms with Crippen LogP contribution < -0.4 is 42.4 Å². The summed E-state index contributed by atoms with van der Waals surface area (Å²) in [4.78, 5) is 2.48. The number of nitrogens with zero attached hydrogens (tertiary/aromatic N) is 1. The van der Waals surface area contributed by atoms with Crippen molar-refractivity contribution in [2.75, 3.05) is 4.90 Å². The number of hydrogen-bond donors (Lipinski definition) is 0. The molecule has 0 saturated carbocycles. The van der Waals surface area contributed by atoms with E-state index in [0.717, 1.165) is 11.5 Å². The Labute approximate surface area is 275 Å². The van der Waals surface area contributed by atoms with E-state index < -0.39 is 5.41 Å². The van der Waals surface area contributed by atoms with Crippen LogP contribution in [0.4, 0.5) is 17.1 Å². The fourth-order valence-electron chi connectivity index (χ4n) is 9.49. The number of anilines is 3. The maximum absolute atomic E-state index is 6.74. The first kappa shape index (κ1) is 25.5. The molecule has 216 valence electrons. The van der Waals surface area contributed by atoms with Gasteiger partial charge in [0.05, 0.1) is 5.41 Å². The minimum atomic E-state index is -0.527. The first-order valence-electron chi connectivity index (χ1n) is 16.5. The average molecular weight is 595 g/mol. The lowest BCUT2D eigenvalue weighted by atomic mass is 9.25. The third kappa shape index (κ3) is 3.08. The Hall–Kier alpha value is -5.73. The molecule has 2 nitrogen and oxygen atoms in total. The van der Waals surface area contributed by atoms with E-state index >= 15 is 0 Å². The number of ether oxygens (including phenoxy) is 1. The molecular formula is C43H27B2NO. The molecule has 4 heteroatoms. The Kier molecular flexibility index (Phi) is 4.97. The van der Waals surface area contributed by atoms with Gasteiger partial charge in [0.25, 0.3) is 6.71 Å². The zero-order chi connectivity index (χ0) is 30.7. The number of para-hydroxylation sites is 3. The molecule has 4 aliphatic rings. The van der Waals surface area contributed by atoms with Crippen molar-refractivity contribution in [3.63, 3.8) is 0 Å². The Balaban J connectivity index is 1.31. The van der Waals surface area contributed by atoms with Crippen LogP contribution in [-0.4, -0.2) is 13.4 Å². The minimum absolute atomic E-state index is 0.0962. The van der Waals surface area contributed by atoms with Crippen molar-refractivity contribution in [3.05, 3.63) is 186 Å². The van der Waals surface area contributed by atoms with E-state index in [1.807, 2.05) is 0 Å². The molecule has 4 aliphatic heterocycles. The summed E-state index contributed by atoms with van der Waals surface area (Å²) in [7, 11) is 0. The van der Waals surface area contributed by atoms with Crippen LogP contribution in [0.25, 0.3) is 0 Å². The van der Waals surface area contributed by atoms with Crippen LogP contribution in [0.15, 0.2) is 164 Å². The van der Waals surface area contributed by atoms with Crippen molar-refractivity contribution in [1.82, 2.24) is 0 Å². The van der Waals surface area contributed by atoms with Gasteiger partial charge in [-0.15, -0.1) is 0 Å². The SMILES string of the molecule is c1ccc(N2c3ccccc3B3c4ccccc4C4(c5ccccc5B5c6ccccc6Oc6cccc4c65)c4cccc2c43)cc1. The smallest absolute Gasteiger partial charge is 0.251 e. The number of benzene rings is 7. The second-order valence-electron chi connectivity index (χ2n) is 13.1. The van der Waals surface area contributed by atoms with E-state index in [-0.39, 0.29) is 13.4 Å². The zero-order valence-electron chi connectivity index (χ0n) is 25.6. The molecule has 1 spiro atoms. The second-order valence-corrected chi connectivity index (χ2v) is 13.1. The first-order chi connectivity index (χ1) is 23.4. The summed E-state index contributed by atoms with van der Waals surface area (Å²) >= 11 is 0. The molecular weight excluding hydrogens is 568 g/mol. The molecule has 0 saturated heterocycles. The monoisotopic (exact) mass is 595 g/mol. The van der Waals surface area contributed by atoms with Crippen molar-refractivity contribution in [3.8, 4) is 11.5 Å². The van der Waals surface area contributed by atoms with E-state index in [9.17, 15) is 0 Å². The van der Waals surface area contributed by atoms with Gasteiger partial charge in [0, 0.05) is 17.1 Å². The van der Waals surface area contributed by atoms with Gasteiger partial charge in [0.15, 0.2) is 0 Å². The molecule has 0 N–H and O–H groups in total. The van der Waals surface area contributed by atoms with Crippen LogP contribution in [0.1, 0.15) is 22.3 Å². The van der Waals surface area contributed by atoms with Gasteiger partial charge in [-0.25, -0.2) is 0 Å². The second kappa shape index (κ2) is 9.18. The molecule has 0 aromatic heterocycles. The third-order valence-corrected chi connectivity index (χ3v) is 11.1. The van der Waals surface area contributed by atoms with Crippen LogP contribution in [0.5, 0.6) is 11.5 Å². The summed E-state index contributed by atoms with van der Waals surface area (Å²) in [5, 5.41) is 0. The molecule has 7 aromatic rings. The lowest BCUT2D eigenvalue weighted by Crippen LogP contribution is -2.69. The summed E-state index contributed by atoms with van der Waals surface area (Å²) in [6.07, 6.45) is 0. The fourth-order valence-corrected chi connectivity index (χ4v) is 9.49. The molecule has 1 atom stereocenters. The number of fused-ring (bicyclic) bond motifs is 12. The molecule has 1 unspecified atom stereocenters. The summed E-state index contributed by atoms with van der Waals surface area (Å²) in [6, 6.07) is 60.6. The summed E-state index contributed by atoms with van der Waals surface area (Å²) < 4.78 is 6.74. The summed E-state index contributed by atoms with van der Waals surface area (Å²) in [5.74, 6) is 1.91. The van der Waals surface area contributed by atoms with Crippen molar-refractivity contribution < 1.29 is 4.74 Å². The lowest BCUT2D eigenvalue weighted by molar-refractivity contribution is 0.486. The Morgan fingerprint density at radius 1 is 0.383 bits per heavy atom. The van der Waals surface area contributed by atoms with Crippen molar-refractivity contribution >= 4 is 63.3 Å². The highest BCUT2D eigenvalue weighted by Crippen LogP contribution is 2.50. The summed E-state index contributed by atoms with van der Waals surface area (Å²) in [6.45, 7) is 0.208. The topological polar surface area (TPSA) is 12.5 Å². The van der Waals surface area contributed by atoms with Gasteiger partial charge in [-0.3, -0.25) is 0 Å². The highest BCUT2D eigenvalue weighted by molar-refractivity contribution is 7.00. The van der Waals surface area contributed by atoms with E-state index in [1.54, 1.807) is 0 Å². The van der Waals surface area contributed by atoms with Crippen LogP contribution >= 0.6 is 0 Å². The predicted molar refractivity (Wildman–Crippen MR) is 195 cm³/mol. The molecule has 0 amide bonds. The Bertz CT molecular complexity index is 2430. The normalized spacial score (nSPS) is 17.1. The molecule has 11 rings (SSSR count). The van der Waals surface area contributed by atoms with Gasteiger partial charge in [-0.2, -0.15) is 0 Å². The Morgan fingerprint density at radius 3 is 1.66 bits per heavy atom. The van der Waals surface area contributed by atoms with Crippen molar-refractivity contribution in [2.45, 2.75) is 5.41 Å². The van der Waals surface area contributed by atoms with Crippen molar-refractivity contribution in [1.29, 1.82) is 0 Å². The van der Waals surface area contributed by atoms with Gasteiger partial charge in [0.1, 0.15) is 11.5 Å². The molecule has 0 bridgehead atoms. The van der Waals surface area contributed by atoms with E-state index in [0.29, 0.717) is 0 Å². The molecule has 4 heterocycles. The van der Waals surface area contributed by atoms with Crippen LogP contribution in [0, 0.1) is 0 Å². The molecule has 0 radical (unpaired) electrons. The molecule has 0 fully saturated rings. The first-order valence-corrected chi connectivity index (χ1v) is 16.5. The maximum atomic E-state index is 6.74. The highest BCUT2D eigenvalue weighted by Gasteiger charge is 2.56. The van der Waals surface area contributed by atoms with Gasteiger partial charge < -0.3 is 9.64 Å². The zero-order valence-corrected chi connectivity index (χ0v) is 25.6. The van der Waals surface area contributed by atoms with Crippen molar-refractivity contribution in [2.24, 2.45) is 0 Å². The predicted octanol–water partition coefficient (Wildman–Crippen LogP) is 5.62. The maximum Gasteiger partial charge on any atom is 0.251 e. The lowest BCUT2D eigenvalue weighted by Gasteiger charge is -2.52. The van der Waals surface area contributed by atoms with Crippen LogP contribution in [0.2, 0.25) is 0 Å². The van der Waals surface area contributed by atoms with E-state index in [2.05, 4.69) is 169 Å². The third-order valence-electron chi connectivity index (χ3n) is 11.1. The van der Waals surface area contributed by atoms with Gasteiger partial charge in [-0.05, 0) is 80.5 Å². The number of rotatable bonds is 1. The summed E-state index contributed by atoms with van der Waals surface area (Å²) in [5.41, 5.74) is 16.5. The fraction of sp³-hybridized carbons (Fsp3) is 0.0233. The standard InChI is InChI=1S/C43H27B2NO/c1-2-14-28(15-3-1)46-37-24-10-8-22-35(37)44-33-20-6-4-16-29(33)43(31-18-12-25-38(46)41(31)44)30-17-5-7-21-34(30)45-36-23-9-11-26-39(36)47-40-27-13-19-32(43)42(40)45/h1-27H. The van der Waals surface area contributed by atoms with Crippen LogP contribution in [-0.2, 0) is 5.41 Å². The average Bonchev–Trinajstić information content (AvgIpc) is 3.14. The van der Waals surface area contributed by atoms with E-state index in [1.165, 1.54) is 72.1 Å². The number of hydrogen-bond acceptors (Lipinski definition) is 2. The van der Waals surface area contributed by atoms with Gasteiger partial charge in [-0.1, -0.05) is 138 Å². The molecule has 0 aliphatic carbocycles. The Morgan fingerprint density at radius 2 is 0.894 bits per heavy atom. The largest absolute Gasteiger partial charge is 0.458 e. The highest BCUT2D eigenvalue weighted by atomic mass is 16.5. The quantitative estimate of drug-likeness (QED) is 0.229.